The summed E-state index contributed by atoms with van der Waals surface area (Å²) in [5, 5.41) is 4.58. The van der Waals surface area contributed by atoms with E-state index in [4.69, 9.17) is 4.74 Å². The molecule has 0 radical (unpaired) electrons. The van der Waals surface area contributed by atoms with Crippen LogP contribution in [0.25, 0.3) is 0 Å². The van der Waals surface area contributed by atoms with E-state index >= 15 is 0 Å². The molecule has 1 aromatic rings. The third kappa shape index (κ3) is 6.50. The van der Waals surface area contributed by atoms with Gasteiger partial charge in [0.25, 0.3) is 5.91 Å². The summed E-state index contributed by atoms with van der Waals surface area (Å²) in [6.07, 6.45) is 1.57. The van der Waals surface area contributed by atoms with Gasteiger partial charge in [0, 0.05) is 24.4 Å². The molecule has 0 aromatic heterocycles. The lowest BCUT2D eigenvalue weighted by atomic mass is 10.0. The molecule has 13 nitrogen and oxygen atoms in total. The van der Waals surface area contributed by atoms with Gasteiger partial charge in [0.15, 0.2) is 0 Å². The number of nitrogens with one attached hydrogen (secondary N) is 3. The van der Waals surface area contributed by atoms with Crippen molar-refractivity contribution in [1.29, 1.82) is 0 Å². The van der Waals surface area contributed by atoms with Crippen LogP contribution in [0.4, 0.5) is 9.18 Å². The average Bonchev–Trinajstić information content (AvgIpc) is 3.90. The number of likely N-dealkylation sites (tertiary alicyclic amines) is 1. The Kier molecular flexibility index (Phi) is 8.99. The fourth-order valence-corrected chi connectivity index (χ4v) is 7.39. The highest BCUT2D eigenvalue weighted by Gasteiger charge is 2.62. The Balaban J connectivity index is 1.35. The molecule has 4 aliphatic rings. The number of nitrogens with zero attached hydrogens (tertiary/aromatic N) is 2. The number of hydrogen-bond acceptors (Lipinski definition) is 8. The fourth-order valence-electron chi connectivity index (χ4n) is 6.03. The van der Waals surface area contributed by atoms with Crippen molar-refractivity contribution < 1.29 is 41.5 Å². The maximum atomic E-state index is 14.3. The van der Waals surface area contributed by atoms with Gasteiger partial charge in [-0.3, -0.25) is 28.8 Å². The van der Waals surface area contributed by atoms with Crippen LogP contribution in [0.5, 0.6) is 0 Å². The highest BCUT2D eigenvalue weighted by Crippen LogP contribution is 2.45. The lowest BCUT2D eigenvalue weighted by Gasteiger charge is -2.31. The number of amides is 5. The molecule has 2 saturated carbocycles. The van der Waals surface area contributed by atoms with Crippen molar-refractivity contribution in [3.8, 4) is 0 Å². The molecule has 46 heavy (non-hydrogen) atoms. The van der Waals surface area contributed by atoms with Crippen LogP contribution in [-0.2, 0) is 47.0 Å². The molecule has 15 heteroatoms. The Morgan fingerprint density at radius 1 is 1.13 bits per heavy atom. The van der Waals surface area contributed by atoms with E-state index in [0.29, 0.717) is 24.0 Å². The van der Waals surface area contributed by atoms with Crippen molar-refractivity contribution in [3.63, 3.8) is 0 Å². The van der Waals surface area contributed by atoms with Crippen molar-refractivity contribution in [1.82, 2.24) is 25.2 Å². The molecule has 1 aromatic carbocycles. The molecule has 248 valence electrons. The first-order chi connectivity index (χ1) is 21.7. The first kappa shape index (κ1) is 33.1. The van der Waals surface area contributed by atoms with E-state index in [2.05, 4.69) is 28.5 Å². The topological polar surface area (TPSA) is 171 Å². The van der Waals surface area contributed by atoms with E-state index < -0.39 is 86.4 Å². The molecule has 2 heterocycles. The summed E-state index contributed by atoms with van der Waals surface area (Å²) in [6.45, 7) is 10.4. The van der Waals surface area contributed by atoms with Crippen LogP contribution in [-0.4, -0.2) is 83.5 Å². The Labute approximate surface area is 266 Å². The maximum Gasteiger partial charge on any atom is 0.410 e. The van der Waals surface area contributed by atoms with Gasteiger partial charge in [-0.15, -0.1) is 6.58 Å². The highest BCUT2D eigenvalue weighted by molar-refractivity contribution is 7.91. The predicted molar refractivity (Wildman–Crippen MR) is 162 cm³/mol. The molecule has 0 unspecified atom stereocenters. The summed E-state index contributed by atoms with van der Waals surface area (Å²) in [7, 11) is -3.91. The number of carbonyl (C=O) groups is 5. The van der Waals surface area contributed by atoms with Crippen LogP contribution in [0, 0.1) is 17.7 Å². The van der Waals surface area contributed by atoms with Crippen LogP contribution in [0.15, 0.2) is 43.5 Å². The molecule has 5 amide bonds. The molecule has 2 aliphatic carbocycles. The number of fused-ring (bicyclic) bond motifs is 1. The van der Waals surface area contributed by atoms with Crippen LogP contribution in [0.3, 0.4) is 0 Å². The number of rotatable bonds is 11. The van der Waals surface area contributed by atoms with Crippen LogP contribution >= 0.6 is 0 Å². The van der Waals surface area contributed by atoms with E-state index in [9.17, 15) is 36.8 Å². The van der Waals surface area contributed by atoms with Gasteiger partial charge in [-0.05, 0) is 42.9 Å². The second-order valence-electron chi connectivity index (χ2n) is 12.6. The minimum Gasteiger partial charge on any atom is -0.444 e. The van der Waals surface area contributed by atoms with E-state index in [1.165, 1.54) is 21.9 Å². The zero-order valence-corrected chi connectivity index (χ0v) is 26.5. The van der Waals surface area contributed by atoms with Crippen LogP contribution in [0.2, 0.25) is 0 Å². The van der Waals surface area contributed by atoms with E-state index in [-0.39, 0.29) is 32.5 Å². The smallest absolute Gasteiger partial charge is 0.410 e. The predicted octanol–water partition coefficient (Wildman–Crippen LogP) is 1.24. The number of sulfonamides is 1. The Hall–Kier alpha value is -4.27. The van der Waals surface area contributed by atoms with Gasteiger partial charge in [0.2, 0.25) is 27.7 Å². The third-order valence-corrected chi connectivity index (χ3v) is 10.8. The third-order valence-electron chi connectivity index (χ3n) is 8.96. The molecule has 0 spiro atoms. The average molecular weight is 660 g/mol. The molecular weight excluding hydrogens is 621 g/mol. The largest absolute Gasteiger partial charge is 0.444 e. The van der Waals surface area contributed by atoms with Crippen LogP contribution < -0.4 is 15.4 Å². The molecule has 0 bridgehead atoms. The van der Waals surface area contributed by atoms with Crippen LogP contribution in [0.1, 0.15) is 50.7 Å². The summed E-state index contributed by atoms with van der Waals surface area (Å²) in [4.78, 5) is 68.8. The molecule has 2 aliphatic heterocycles. The van der Waals surface area contributed by atoms with Gasteiger partial charge in [0.1, 0.15) is 29.5 Å². The van der Waals surface area contributed by atoms with Gasteiger partial charge >= 0.3 is 6.09 Å². The molecule has 3 N–H and O–H groups in total. The molecular formula is C31H38FN5O8S. The summed E-state index contributed by atoms with van der Waals surface area (Å²) < 4.78 is 47.1. The van der Waals surface area contributed by atoms with E-state index in [1.807, 2.05) is 0 Å². The summed E-state index contributed by atoms with van der Waals surface area (Å²) in [5.41, 5.74) is -0.570. The number of carbonyl (C=O) groups excluding carboxylic acids is 5. The Bertz CT molecular complexity index is 1590. The SMILES string of the molecule is C=CC(=O)N[C@H](C(=O)N1C[C@H](OC(=O)N2Cc3cccc(F)c3C2)C[C@H]1C(=O)N[C@]1(C(=O)NS(=O)(=O)C2CC2)C[C@H]1C=C)C(C)C. The normalized spacial score (nSPS) is 25.7. The van der Waals surface area contributed by atoms with Crippen molar-refractivity contribution in [3.05, 3.63) is 60.5 Å². The summed E-state index contributed by atoms with van der Waals surface area (Å²) in [5.74, 6) is -4.28. The minimum atomic E-state index is -3.91. The summed E-state index contributed by atoms with van der Waals surface area (Å²) in [6, 6.07) is 2.26. The quantitative estimate of drug-likeness (QED) is 0.235. The molecule has 1 saturated heterocycles. The molecule has 3 fully saturated rings. The highest BCUT2D eigenvalue weighted by atomic mass is 32.2. The summed E-state index contributed by atoms with van der Waals surface area (Å²) >= 11 is 0. The standard InChI is InChI=1S/C31H38FN5O8S/c1-5-19-13-31(19,29(41)35-46(43,44)21-10-11-21)34-27(39)24-12-20(15-37(24)28(40)26(17(3)4)33-25(38)6-2)45-30(42)36-14-18-8-7-9-23(32)22(18)16-36/h5-9,17,19-21,24,26H,1-2,10-16H2,3-4H3,(H,33,38)(H,34,39)(H,35,41)/t19-,20-,24+,26+,31-/m1/s1. The fraction of sp³-hybridized carbons (Fsp3) is 0.516. The zero-order chi connectivity index (χ0) is 33.6. The Morgan fingerprint density at radius 3 is 2.43 bits per heavy atom. The number of halogens is 1. The monoisotopic (exact) mass is 659 g/mol. The first-order valence-electron chi connectivity index (χ1n) is 15.2. The van der Waals surface area contributed by atoms with E-state index in [0.717, 1.165) is 6.08 Å². The second-order valence-corrected chi connectivity index (χ2v) is 14.6. The van der Waals surface area contributed by atoms with Crippen molar-refractivity contribution in [2.75, 3.05) is 6.54 Å². The zero-order valence-electron chi connectivity index (χ0n) is 25.7. The maximum absolute atomic E-state index is 14.3. The Morgan fingerprint density at radius 2 is 1.85 bits per heavy atom. The van der Waals surface area contributed by atoms with Gasteiger partial charge in [-0.25, -0.2) is 17.6 Å². The van der Waals surface area contributed by atoms with Crippen molar-refractivity contribution >= 4 is 39.7 Å². The van der Waals surface area contributed by atoms with Crippen molar-refractivity contribution in [2.24, 2.45) is 11.8 Å². The van der Waals surface area contributed by atoms with Gasteiger partial charge in [-0.1, -0.05) is 38.6 Å². The second kappa shape index (κ2) is 12.5. The number of hydrogen-bond donors (Lipinski definition) is 3. The molecule has 5 atom stereocenters. The van der Waals surface area contributed by atoms with E-state index in [1.54, 1.807) is 26.0 Å². The van der Waals surface area contributed by atoms with Gasteiger partial charge in [0.05, 0.1) is 18.3 Å². The van der Waals surface area contributed by atoms with Crippen molar-refractivity contribution in [2.45, 2.75) is 81.6 Å². The van der Waals surface area contributed by atoms with Gasteiger partial charge < -0.3 is 20.3 Å². The first-order valence-corrected chi connectivity index (χ1v) is 16.7. The minimum absolute atomic E-state index is 0.00648. The number of benzene rings is 1. The molecule has 5 rings (SSSR count). The number of ether oxygens (including phenoxy) is 1. The lowest BCUT2D eigenvalue weighted by Crippen LogP contribution is -2.59. The van der Waals surface area contributed by atoms with Gasteiger partial charge in [-0.2, -0.15) is 0 Å². The lowest BCUT2D eigenvalue weighted by molar-refractivity contribution is -0.143.